The smallest absolute Gasteiger partial charge is 0.191 e. The first-order chi connectivity index (χ1) is 12.7. The van der Waals surface area contributed by atoms with Gasteiger partial charge in [0.25, 0.3) is 0 Å². The molecule has 3 fully saturated rings. The molecule has 3 rings (SSSR count). The number of nitrogens with one attached hydrogen (secondary N) is 2. The van der Waals surface area contributed by atoms with E-state index in [2.05, 4.69) is 26.8 Å². The summed E-state index contributed by atoms with van der Waals surface area (Å²) in [5.74, 6) is 0.973. The second-order valence-electron chi connectivity index (χ2n) is 8.17. The molecular formula is C20H39IN4OS. The van der Waals surface area contributed by atoms with Gasteiger partial charge in [0.15, 0.2) is 5.96 Å². The standard InChI is InChI=1S/C20H38N4OS.HI/c1-21-19(22-16-20(26-2)10-14-25-15-11-20)23-17-8-12-24(13-9-17)18-6-4-3-5-7-18;/h17-18H,3-16H2,1-2H3,(H2,21,22,23);1H. The molecule has 1 saturated carbocycles. The average Bonchev–Trinajstić information content (AvgIpc) is 2.73. The normalized spacial score (nSPS) is 25.6. The summed E-state index contributed by atoms with van der Waals surface area (Å²) < 4.78 is 5.84. The first-order valence-electron chi connectivity index (χ1n) is 10.6. The van der Waals surface area contributed by atoms with E-state index in [0.717, 1.165) is 44.6 Å². The van der Waals surface area contributed by atoms with Gasteiger partial charge in [-0.15, -0.1) is 24.0 Å². The molecule has 0 aromatic rings. The zero-order valence-corrected chi connectivity index (χ0v) is 20.3. The summed E-state index contributed by atoms with van der Waals surface area (Å²) >= 11 is 1.98. The monoisotopic (exact) mass is 510 g/mol. The summed E-state index contributed by atoms with van der Waals surface area (Å²) in [6.07, 6.45) is 14.1. The van der Waals surface area contributed by atoms with Crippen molar-refractivity contribution in [3.8, 4) is 0 Å². The van der Waals surface area contributed by atoms with Crippen LogP contribution in [0, 0.1) is 0 Å². The summed E-state index contributed by atoms with van der Waals surface area (Å²) in [6, 6.07) is 1.41. The van der Waals surface area contributed by atoms with Crippen LogP contribution in [0.15, 0.2) is 4.99 Å². The zero-order valence-electron chi connectivity index (χ0n) is 17.2. The maximum atomic E-state index is 5.55. The molecule has 1 aliphatic carbocycles. The van der Waals surface area contributed by atoms with Crippen LogP contribution in [0.5, 0.6) is 0 Å². The summed E-state index contributed by atoms with van der Waals surface area (Å²) in [7, 11) is 1.89. The highest BCUT2D eigenvalue weighted by Crippen LogP contribution is 2.33. The number of halogens is 1. The van der Waals surface area contributed by atoms with Gasteiger partial charge in [0.05, 0.1) is 0 Å². The second kappa shape index (κ2) is 12.1. The lowest BCUT2D eigenvalue weighted by Gasteiger charge is -2.40. The molecule has 2 N–H and O–H groups in total. The lowest BCUT2D eigenvalue weighted by atomic mass is 9.92. The SMILES string of the molecule is CN=C(NCC1(SC)CCOCC1)NC1CCN(C2CCCCC2)CC1.I. The van der Waals surface area contributed by atoms with Gasteiger partial charge in [0.2, 0.25) is 0 Å². The average molecular weight is 511 g/mol. The minimum atomic E-state index is 0. The summed E-state index contributed by atoms with van der Waals surface area (Å²) in [4.78, 5) is 7.23. The van der Waals surface area contributed by atoms with Gasteiger partial charge in [-0.05, 0) is 44.8 Å². The fourth-order valence-electron chi connectivity index (χ4n) is 4.68. The summed E-state index contributed by atoms with van der Waals surface area (Å²) in [5.41, 5.74) is 0. The Balaban J connectivity index is 0.00000261. The molecule has 2 saturated heterocycles. The molecule has 0 bridgehead atoms. The third-order valence-electron chi connectivity index (χ3n) is 6.60. The van der Waals surface area contributed by atoms with Crippen LogP contribution >= 0.6 is 35.7 Å². The first kappa shape index (κ1) is 23.5. The Morgan fingerprint density at radius 1 is 1.11 bits per heavy atom. The number of piperidine rings is 1. The molecule has 0 atom stereocenters. The number of hydrogen-bond donors (Lipinski definition) is 2. The predicted molar refractivity (Wildman–Crippen MR) is 128 cm³/mol. The number of guanidine groups is 1. The fourth-order valence-corrected chi connectivity index (χ4v) is 5.48. The third kappa shape index (κ3) is 6.93. The van der Waals surface area contributed by atoms with E-state index < -0.39 is 0 Å². The molecule has 7 heteroatoms. The molecule has 0 aromatic carbocycles. The number of aliphatic imine (C=N–C) groups is 1. The van der Waals surface area contributed by atoms with Gasteiger partial charge in [0, 0.05) is 56.7 Å². The van der Waals surface area contributed by atoms with E-state index in [9.17, 15) is 0 Å². The number of ether oxygens (including phenoxy) is 1. The van der Waals surface area contributed by atoms with Crippen molar-refractivity contribution in [2.45, 2.75) is 74.6 Å². The summed E-state index contributed by atoms with van der Waals surface area (Å²) in [5, 5.41) is 7.28. The van der Waals surface area contributed by atoms with Crippen LogP contribution in [-0.4, -0.2) is 73.8 Å². The minimum absolute atomic E-state index is 0. The van der Waals surface area contributed by atoms with Crippen LogP contribution in [0.4, 0.5) is 0 Å². The highest BCUT2D eigenvalue weighted by molar-refractivity contribution is 14.0. The molecule has 2 aliphatic heterocycles. The van der Waals surface area contributed by atoms with Crippen molar-refractivity contribution in [2.24, 2.45) is 4.99 Å². The van der Waals surface area contributed by atoms with Crippen LogP contribution in [0.2, 0.25) is 0 Å². The first-order valence-corrected chi connectivity index (χ1v) is 11.8. The van der Waals surface area contributed by atoms with E-state index in [-0.39, 0.29) is 24.0 Å². The molecule has 0 radical (unpaired) electrons. The zero-order chi connectivity index (χ0) is 18.2. The highest BCUT2D eigenvalue weighted by Gasteiger charge is 2.32. The van der Waals surface area contributed by atoms with Gasteiger partial charge >= 0.3 is 0 Å². The quantitative estimate of drug-likeness (QED) is 0.337. The van der Waals surface area contributed by atoms with Gasteiger partial charge in [0.1, 0.15) is 0 Å². The summed E-state index contributed by atoms with van der Waals surface area (Å²) in [6.45, 7) is 5.22. The largest absolute Gasteiger partial charge is 0.381 e. The van der Waals surface area contributed by atoms with Crippen LogP contribution in [0.1, 0.15) is 57.8 Å². The van der Waals surface area contributed by atoms with Gasteiger partial charge in [-0.1, -0.05) is 19.3 Å². The minimum Gasteiger partial charge on any atom is -0.381 e. The number of thioether (sulfide) groups is 1. The lowest BCUT2D eigenvalue weighted by molar-refractivity contribution is 0.0782. The molecular weight excluding hydrogens is 471 g/mol. The van der Waals surface area contributed by atoms with Crippen molar-refractivity contribution in [1.29, 1.82) is 0 Å². The Morgan fingerprint density at radius 3 is 2.37 bits per heavy atom. The van der Waals surface area contributed by atoms with Crippen molar-refractivity contribution in [1.82, 2.24) is 15.5 Å². The number of hydrogen-bond acceptors (Lipinski definition) is 4. The maximum absolute atomic E-state index is 5.55. The Morgan fingerprint density at radius 2 is 1.78 bits per heavy atom. The predicted octanol–water partition coefficient (Wildman–Crippen LogP) is 3.48. The molecule has 27 heavy (non-hydrogen) atoms. The number of rotatable bonds is 5. The molecule has 158 valence electrons. The Kier molecular flexibility index (Phi) is 10.5. The Labute approximate surface area is 187 Å². The van der Waals surface area contributed by atoms with Crippen LogP contribution in [-0.2, 0) is 4.74 Å². The highest BCUT2D eigenvalue weighted by atomic mass is 127. The second-order valence-corrected chi connectivity index (χ2v) is 9.45. The molecule has 5 nitrogen and oxygen atoms in total. The molecule has 0 amide bonds. The van der Waals surface area contributed by atoms with E-state index >= 15 is 0 Å². The molecule has 2 heterocycles. The van der Waals surface area contributed by atoms with E-state index in [1.807, 2.05) is 18.8 Å². The number of likely N-dealkylation sites (tertiary alicyclic amines) is 1. The van der Waals surface area contributed by atoms with E-state index in [1.54, 1.807) is 0 Å². The van der Waals surface area contributed by atoms with Gasteiger partial charge in [-0.25, -0.2) is 0 Å². The van der Waals surface area contributed by atoms with Gasteiger partial charge in [-0.2, -0.15) is 11.8 Å². The molecule has 0 unspecified atom stereocenters. The third-order valence-corrected chi connectivity index (χ3v) is 8.02. The van der Waals surface area contributed by atoms with E-state index in [4.69, 9.17) is 4.74 Å². The van der Waals surface area contributed by atoms with Gasteiger partial charge < -0.3 is 20.3 Å². The maximum Gasteiger partial charge on any atom is 0.191 e. The van der Waals surface area contributed by atoms with E-state index in [0.29, 0.717) is 10.8 Å². The molecule has 3 aliphatic rings. The van der Waals surface area contributed by atoms with Crippen LogP contribution in [0.25, 0.3) is 0 Å². The number of nitrogens with zero attached hydrogens (tertiary/aromatic N) is 2. The Hall–Kier alpha value is 0.270. The van der Waals surface area contributed by atoms with Crippen molar-refractivity contribution >= 4 is 41.7 Å². The fraction of sp³-hybridized carbons (Fsp3) is 0.950. The molecule has 0 spiro atoms. The van der Waals surface area contributed by atoms with Crippen molar-refractivity contribution in [2.75, 3.05) is 46.2 Å². The topological polar surface area (TPSA) is 48.9 Å². The Bertz CT molecular complexity index is 445. The lowest BCUT2D eigenvalue weighted by Crippen LogP contribution is -2.53. The van der Waals surface area contributed by atoms with Gasteiger partial charge in [-0.3, -0.25) is 4.99 Å². The van der Waals surface area contributed by atoms with Crippen LogP contribution in [0.3, 0.4) is 0 Å². The van der Waals surface area contributed by atoms with Crippen molar-refractivity contribution in [3.05, 3.63) is 0 Å². The van der Waals surface area contributed by atoms with Crippen LogP contribution < -0.4 is 10.6 Å². The van der Waals surface area contributed by atoms with Crippen molar-refractivity contribution in [3.63, 3.8) is 0 Å². The molecule has 0 aromatic heterocycles. The van der Waals surface area contributed by atoms with Crippen molar-refractivity contribution < 1.29 is 4.74 Å². The van der Waals surface area contributed by atoms with E-state index in [1.165, 1.54) is 58.0 Å².